The number of rotatable bonds is 6. The zero-order chi connectivity index (χ0) is 33.3. The highest BCUT2D eigenvalue weighted by Gasteiger charge is 2.53. The van der Waals surface area contributed by atoms with Crippen LogP contribution < -0.4 is 10.2 Å². The van der Waals surface area contributed by atoms with E-state index < -0.39 is 0 Å². The van der Waals surface area contributed by atoms with Crippen molar-refractivity contribution in [3.05, 3.63) is 64.8 Å². The van der Waals surface area contributed by atoms with E-state index in [1.807, 2.05) is 35.2 Å². The summed E-state index contributed by atoms with van der Waals surface area (Å²) in [5.74, 6) is 1.66. The van der Waals surface area contributed by atoms with Crippen molar-refractivity contribution in [3.63, 3.8) is 0 Å². The number of piperazine rings is 1. The predicted octanol–water partition coefficient (Wildman–Crippen LogP) is 4.27. The third-order valence-electron chi connectivity index (χ3n) is 12.2. The van der Waals surface area contributed by atoms with E-state index in [1.165, 1.54) is 23.4 Å². The van der Waals surface area contributed by atoms with Crippen LogP contribution in [0.25, 0.3) is 22.6 Å². The number of hydrogen-bond donors (Lipinski definition) is 3. The van der Waals surface area contributed by atoms with Crippen LogP contribution in [0.4, 0.5) is 5.69 Å². The summed E-state index contributed by atoms with van der Waals surface area (Å²) in [5.41, 5.74) is 8.53. The Balaban J connectivity index is 0.763. The molecule has 3 amide bonds. The van der Waals surface area contributed by atoms with Crippen LogP contribution in [0.2, 0.25) is 0 Å². The summed E-state index contributed by atoms with van der Waals surface area (Å²) in [6.07, 6.45) is 6.68. The Morgan fingerprint density at radius 2 is 1.78 bits per heavy atom. The van der Waals surface area contributed by atoms with Gasteiger partial charge in [-0.2, -0.15) is 5.10 Å². The van der Waals surface area contributed by atoms with Crippen molar-refractivity contribution < 1.29 is 14.4 Å². The van der Waals surface area contributed by atoms with E-state index in [0.29, 0.717) is 29.7 Å². The molecule has 4 fully saturated rings. The second kappa shape index (κ2) is 11.8. The number of fused-ring (bicyclic) bond motifs is 3. The van der Waals surface area contributed by atoms with Crippen molar-refractivity contribution in [3.8, 4) is 11.5 Å². The van der Waals surface area contributed by atoms with Gasteiger partial charge in [0, 0.05) is 74.7 Å². The third-order valence-corrected chi connectivity index (χ3v) is 12.2. The molecule has 9 rings (SSSR count). The number of anilines is 1. The molecule has 0 unspecified atom stereocenters. The monoisotopic (exact) mass is 660 g/mol. The van der Waals surface area contributed by atoms with E-state index in [2.05, 4.69) is 49.4 Å². The summed E-state index contributed by atoms with van der Waals surface area (Å²) in [5, 5.41) is 10.4. The average molecular weight is 661 g/mol. The average Bonchev–Trinajstić information content (AvgIpc) is 3.38. The van der Waals surface area contributed by atoms with Gasteiger partial charge in [0.15, 0.2) is 5.82 Å². The SMILES string of the molecule is C[C@@]12Cc3[nH]nc(-c4nc5ccc(C(=O)N6CCN(CC7CCN(c8ccc([C@H]9CCC(=O)NC9=O)cc8)CC7)CC6)cc5[nH]4)c3C[C@@H]1C2. The molecule has 0 radical (unpaired) electrons. The van der Waals surface area contributed by atoms with E-state index in [9.17, 15) is 14.4 Å². The van der Waals surface area contributed by atoms with Gasteiger partial charge in [-0.15, -0.1) is 0 Å². The number of amides is 3. The first-order valence-electron chi connectivity index (χ1n) is 18.1. The van der Waals surface area contributed by atoms with Crippen molar-refractivity contribution >= 4 is 34.4 Å². The molecule has 2 aromatic carbocycles. The number of aromatic nitrogens is 4. The molecule has 0 bridgehead atoms. The highest BCUT2D eigenvalue weighted by molar-refractivity contribution is 6.01. The lowest BCUT2D eigenvalue weighted by atomic mass is 9.88. The fourth-order valence-corrected chi connectivity index (χ4v) is 8.89. The molecule has 5 aliphatic rings. The Bertz CT molecular complexity index is 1930. The molecule has 49 heavy (non-hydrogen) atoms. The first-order valence-corrected chi connectivity index (χ1v) is 18.1. The number of carbonyl (C=O) groups excluding carboxylic acids is 3. The van der Waals surface area contributed by atoms with E-state index in [4.69, 9.17) is 4.98 Å². The minimum absolute atomic E-state index is 0.0831. The van der Waals surface area contributed by atoms with Crippen LogP contribution >= 0.6 is 0 Å². The minimum atomic E-state index is -0.242. The quantitative estimate of drug-likeness (QED) is 0.264. The van der Waals surface area contributed by atoms with Gasteiger partial charge >= 0.3 is 0 Å². The number of benzene rings is 2. The summed E-state index contributed by atoms with van der Waals surface area (Å²) >= 11 is 0. The summed E-state index contributed by atoms with van der Waals surface area (Å²) in [7, 11) is 0. The standard InChI is InChI=1S/C38H44N8O3/c1-38-20-26(38)19-29-32(21-38)42-43-34(29)35-39-30-8-4-25(18-31(30)40-35)37(49)46-16-14-44(15-17-46)22-23-10-12-45(13-11-23)27-5-2-24(3-6-27)28-7-9-33(47)41-36(28)48/h2-6,8,18,23,26,28H,7,9-17,19-22H2,1H3,(H,39,40)(H,42,43)(H,41,47,48)/t26-,28-,38-/m1/s1. The molecule has 254 valence electrons. The summed E-state index contributed by atoms with van der Waals surface area (Å²) in [6, 6.07) is 14.1. The van der Waals surface area contributed by atoms with Crippen LogP contribution in [0.15, 0.2) is 42.5 Å². The predicted molar refractivity (Wildman–Crippen MR) is 186 cm³/mol. The van der Waals surface area contributed by atoms with E-state index >= 15 is 0 Å². The summed E-state index contributed by atoms with van der Waals surface area (Å²) < 4.78 is 0. The topological polar surface area (TPSA) is 130 Å². The molecule has 2 aliphatic carbocycles. The molecule has 4 aromatic rings. The highest BCUT2D eigenvalue weighted by atomic mass is 16.2. The molecular formula is C38H44N8O3. The van der Waals surface area contributed by atoms with Gasteiger partial charge in [0.2, 0.25) is 11.8 Å². The Labute approximate surface area is 285 Å². The van der Waals surface area contributed by atoms with Gasteiger partial charge in [-0.1, -0.05) is 19.1 Å². The maximum atomic E-state index is 13.6. The number of carbonyl (C=O) groups is 3. The molecule has 11 heteroatoms. The van der Waals surface area contributed by atoms with E-state index in [-0.39, 0.29) is 23.6 Å². The fourth-order valence-electron chi connectivity index (χ4n) is 8.89. The lowest BCUT2D eigenvalue weighted by Gasteiger charge is -2.39. The first kappa shape index (κ1) is 30.5. The third kappa shape index (κ3) is 5.71. The maximum Gasteiger partial charge on any atom is 0.254 e. The van der Waals surface area contributed by atoms with Crippen LogP contribution in [0.1, 0.15) is 72.1 Å². The Morgan fingerprint density at radius 3 is 2.55 bits per heavy atom. The molecule has 11 nitrogen and oxygen atoms in total. The first-order chi connectivity index (χ1) is 23.8. The van der Waals surface area contributed by atoms with Crippen molar-refractivity contribution in [2.75, 3.05) is 50.7 Å². The molecular weight excluding hydrogens is 616 g/mol. The van der Waals surface area contributed by atoms with Crippen molar-refractivity contribution in [2.24, 2.45) is 17.3 Å². The number of hydrogen-bond acceptors (Lipinski definition) is 7. The van der Waals surface area contributed by atoms with Crippen LogP contribution in [0, 0.1) is 17.3 Å². The maximum absolute atomic E-state index is 13.6. The zero-order valence-electron chi connectivity index (χ0n) is 28.1. The number of piperidine rings is 2. The fraction of sp³-hybridized carbons (Fsp3) is 0.500. The van der Waals surface area contributed by atoms with Crippen molar-refractivity contribution in [2.45, 2.75) is 57.8 Å². The van der Waals surface area contributed by atoms with Gasteiger partial charge in [-0.05, 0) is 91.7 Å². The Kier molecular flexibility index (Phi) is 7.37. The molecule has 1 saturated carbocycles. The van der Waals surface area contributed by atoms with Gasteiger partial charge in [-0.25, -0.2) is 4.98 Å². The number of imide groups is 1. The van der Waals surface area contributed by atoms with Crippen LogP contribution in [0.3, 0.4) is 0 Å². The molecule has 5 heterocycles. The smallest absolute Gasteiger partial charge is 0.254 e. The normalized spacial score (nSPS) is 26.1. The molecule has 3 N–H and O–H groups in total. The van der Waals surface area contributed by atoms with E-state index in [0.717, 1.165) is 106 Å². The second-order valence-corrected chi connectivity index (χ2v) is 15.4. The summed E-state index contributed by atoms with van der Waals surface area (Å²) in [6.45, 7) is 8.75. The Morgan fingerprint density at radius 1 is 0.980 bits per heavy atom. The number of aromatic amines is 2. The largest absolute Gasteiger partial charge is 0.372 e. The van der Waals surface area contributed by atoms with Gasteiger partial charge in [0.1, 0.15) is 5.69 Å². The van der Waals surface area contributed by atoms with Crippen molar-refractivity contribution in [1.29, 1.82) is 0 Å². The lowest BCUT2D eigenvalue weighted by Crippen LogP contribution is -2.50. The Hall–Kier alpha value is -4.51. The minimum Gasteiger partial charge on any atom is -0.372 e. The van der Waals surface area contributed by atoms with Gasteiger partial charge < -0.3 is 14.8 Å². The van der Waals surface area contributed by atoms with Crippen LogP contribution in [-0.4, -0.2) is 93.5 Å². The highest BCUT2D eigenvalue weighted by Crippen LogP contribution is 2.59. The second-order valence-electron chi connectivity index (χ2n) is 15.4. The molecule has 2 aromatic heterocycles. The zero-order valence-corrected chi connectivity index (χ0v) is 28.1. The molecule has 3 saturated heterocycles. The van der Waals surface area contributed by atoms with E-state index in [1.54, 1.807) is 0 Å². The van der Waals surface area contributed by atoms with Crippen molar-refractivity contribution in [1.82, 2.24) is 35.3 Å². The lowest BCUT2D eigenvalue weighted by molar-refractivity contribution is -0.134. The van der Waals surface area contributed by atoms with Gasteiger partial charge in [-0.3, -0.25) is 29.7 Å². The molecule has 0 spiro atoms. The number of imidazole rings is 1. The summed E-state index contributed by atoms with van der Waals surface area (Å²) in [4.78, 5) is 52.6. The number of nitrogens with one attached hydrogen (secondary N) is 3. The van der Waals surface area contributed by atoms with Gasteiger partial charge in [0.05, 0.1) is 17.0 Å². The molecule has 3 aliphatic heterocycles. The van der Waals surface area contributed by atoms with Gasteiger partial charge in [0.25, 0.3) is 5.91 Å². The number of H-pyrrole nitrogens is 2. The van der Waals surface area contributed by atoms with Crippen LogP contribution in [-0.2, 0) is 22.4 Å². The van der Waals surface area contributed by atoms with Crippen LogP contribution in [0.5, 0.6) is 0 Å². The number of nitrogens with zero attached hydrogens (tertiary/aromatic N) is 5. The molecule has 3 atom stereocenters.